The van der Waals surface area contributed by atoms with E-state index in [9.17, 15) is 8.42 Å². The zero-order valence-corrected chi connectivity index (χ0v) is 14.4. The molecule has 0 fully saturated rings. The van der Waals surface area contributed by atoms with E-state index < -0.39 is 10.0 Å². The van der Waals surface area contributed by atoms with Gasteiger partial charge in [-0.1, -0.05) is 25.4 Å². The molecule has 0 heterocycles. The van der Waals surface area contributed by atoms with Gasteiger partial charge in [-0.3, -0.25) is 0 Å². The number of likely N-dealkylation sites (N-methyl/N-ethyl adjacent to an activating group) is 1. The fraction of sp³-hybridized carbons (Fsp3) is 0.571. The van der Waals surface area contributed by atoms with Gasteiger partial charge in [0, 0.05) is 13.1 Å². The Kier molecular flexibility index (Phi) is 6.93. The first kappa shape index (κ1) is 18.2. The van der Waals surface area contributed by atoms with E-state index in [-0.39, 0.29) is 10.6 Å². The SMILES string of the molecule is CCCN(CC)CCNS(=O)(=O)c1cc(N)c(Cl)cc1C. The number of hydrogen-bond donors (Lipinski definition) is 2. The molecule has 0 spiro atoms. The number of nitrogen functional groups attached to an aromatic ring is 1. The number of nitrogens with one attached hydrogen (secondary N) is 1. The molecule has 0 saturated carbocycles. The number of rotatable bonds is 8. The summed E-state index contributed by atoms with van der Waals surface area (Å²) in [6, 6.07) is 2.98. The average molecular weight is 334 g/mol. The van der Waals surface area contributed by atoms with Crippen LogP contribution < -0.4 is 10.5 Å². The van der Waals surface area contributed by atoms with Gasteiger partial charge in [-0.15, -0.1) is 0 Å². The number of nitrogens with two attached hydrogens (primary N) is 1. The average Bonchev–Trinajstić information content (AvgIpc) is 2.41. The molecule has 0 aromatic heterocycles. The molecule has 0 aliphatic heterocycles. The minimum atomic E-state index is -3.56. The topological polar surface area (TPSA) is 75.4 Å². The second-order valence-corrected chi connectivity index (χ2v) is 7.11. The number of benzene rings is 1. The Morgan fingerprint density at radius 2 is 1.95 bits per heavy atom. The first-order chi connectivity index (χ1) is 9.81. The summed E-state index contributed by atoms with van der Waals surface area (Å²) in [5.41, 5.74) is 6.54. The highest BCUT2D eigenvalue weighted by Gasteiger charge is 2.18. The highest BCUT2D eigenvalue weighted by atomic mass is 35.5. The van der Waals surface area contributed by atoms with Crippen LogP contribution in [0.2, 0.25) is 5.02 Å². The third kappa shape index (κ3) is 5.14. The second-order valence-electron chi connectivity index (χ2n) is 4.97. The van der Waals surface area contributed by atoms with Crippen molar-refractivity contribution in [2.45, 2.75) is 32.1 Å². The van der Waals surface area contributed by atoms with Crippen LogP contribution >= 0.6 is 11.6 Å². The third-order valence-corrected chi connectivity index (χ3v) is 5.22. The van der Waals surface area contributed by atoms with Gasteiger partial charge < -0.3 is 10.6 Å². The van der Waals surface area contributed by atoms with Crippen molar-refractivity contribution in [2.24, 2.45) is 0 Å². The maximum atomic E-state index is 12.3. The van der Waals surface area contributed by atoms with Crippen LogP contribution in [0.15, 0.2) is 17.0 Å². The molecule has 3 N–H and O–H groups in total. The van der Waals surface area contributed by atoms with Gasteiger partial charge in [-0.25, -0.2) is 13.1 Å². The molecule has 7 heteroatoms. The molecule has 0 amide bonds. The molecule has 0 atom stereocenters. The lowest BCUT2D eigenvalue weighted by Crippen LogP contribution is -2.35. The first-order valence-electron chi connectivity index (χ1n) is 7.09. The summed E-state index contributed by atoms with van der Waals surface area (Å²) >= 11 is 5.89. The van der Waals surface area contributed by atoms with Crippen molar-refractivity contribution in [3.05, 3.63) is 22.7 Å². The maximum absolute atomic E-state index is 12.3. The summed E-state index contributed by atoms with van der Waals surface area (Å²) in [7, 11) is -3.56. The number of nitrogens with zero attached hydrogens (tertiary/aromatic N) is 1. The minimum absolute atomic E-state index is 0.183. The molecule has 120 valence electrons. The van der Waals surface area contributed by atoms with Crippen LogP contribution in [0.3, 0.4) is 0 Å². The number of hydrogen-bond acceptors (Lipinski definition) is 4. The zero-order chi connectivity index (χ0) is 16.0. The standard InChI is InChI=1S/C14H24ClN3O2S/c1-4-7-18(5-2)8-6-17-21(19,20)14-10-13(16)12(15)9-11(14)3/h9-10,17H,4-8,16H2,1-3H3. The van der Waals surface area contributed by atoms with E-state index >= 15 is 0 Å². The molecule has 0 aliphatic rings. The van der Waals surface area contributed by atoms with Crippen molar-refractivity contribution in [3.63, 3.8) is 0 Å². The molecule has 5 nitrogen and oxygen atoms in total. The molecule has 1 aromatic carbocycles. The summed E-state index contributed by atoms with van der Waals surface area (Å²) in [6.45, 7) is 8.80. The molecule has 1 aromatic rings. The molecule has 0 aliphatic carbocycles. The van der Waals surface area contributed by atoms with Crippen LogP contribution in [0.4, 0.5) is 5.69 Å². The molecular weight excluding hydrogens is 310 g/mol. The van der Waals surface area contributed by atoms with E-state index in [0.29, 0.717) is 23.7 Å². The van der Waals surface area contributed by atoms with E-state index in [1.807, 2.05) is 0 Å². The van der Waals surface area contributed by atoms with E-state index in [1.165, 1.54) is 6.07 Å². The Morgan fingerprint density at radius 3 is 2.52 bits per heavy atom. The first-order valence-corrected chi connectivity index (χ1v) is 8.95. The van der Waals surface area contributed by atoms with Gasteiger partial charge in [0.1, 0.15) is 0 Å². The minimum Gasteiger partial charge on any atom is -0.397 e. The summed E-state index contributed by atoms with van der Waals surface area (Å²) in [5.74, 6) is 0. The van der Waals surface area contributed by atoms with Crippen molar-refractivity contribution in [1.29, 1.82) is 0 Å². The van der Waals surface area contributed by atoms with Crippen molar-refractivity contribution >= 4 is 27.3 Å². The van der Waals surface area contributed by atoms with E-state index in [0.717, 1.165) is 19.5 Å². The predicted molar refractivity (Wildman–Crippen MR) is 88.2 cm³/mol. The largest absolute Gasteiger partial charge is 0.397 e. The number of anilines is 1. The number of halogens is 1. The van der Waals surface area contributed by atoms with E-state index in [4.69, 9.17) is 17.3 Å². The Morgan fingerprint density at radius 1 is 1.29 bits per heavy atom. The van der Waals surface area contributed by atoms with Gasteiger partial charge in [0.25, 0.3) is 0 Å². The smallest absolute Gasteiger partial charge is 0.240 e. The molecular formula is C14H24ClN3O2S. The quantitative estimate of drug-likeness (QED) is 0.715. The van der Waals surface area contributed by atoms with Gasteiger partial charge in [0.2, 0.25) is 10.0 Å². The van der Waals surface area contributed by atoms with E-state index in [2.05, 4.69) is 23.5 Å². The highest BCUT2D eigenvalue weighted by molar-refractivity contribution is 7.89. The van der Waals surface area contributed by atoms with Crippen molar-refractivity contribution < 1.29 is 8.42 Å². The van der Waals surface area contributed by atoms with Gasteiger partial charge in [0.15, 0.2) is 0 Å². The van der Waals surface area contributed by atoms with Gasteiger partial charge in [-0.05, 0) is 44.1 Å². The summed E-state index contributed by atoms with van der Waals surface area (Å²) in [6.07, 6.45) is 1.05. The molecule has 21 heavy (non-hydrogen) atoms. The normalized spacial score (nSPS) is 12.0. The highest BCUT2D eigenvalue weighted by Crippen LogP contribution is 2.25. The van der Waals surface area contributed by atoms with Gasteiger partial charge in [-0.2, -0.15) is 0 Å². The van der Waals surface area contributed by atoms with E-state index in [1.54, 1.807) is 13.0 Å². The van der Waals surface area contributed by atoms with Crippen molar-refractivity contribution in [1.82, 2.24) is 9.62 Å². The third-order valence-electron chi connectivity index (χ3n) is 3.29. The fourth-order valence-corrected chi connectivity index (χ4v) is 3.62. The van der Waals surface area contributed by atoms with Crippen molar-refractivity contribution in [2.75, 3.05) is 31.9 Å². The number of sulfonamides is 1. The van der Waals surface area contributed by atoms with Crippen LogP contribution in [0.1, 0.15) is 25.8 Å². The molecule has 0 saturated heterocycles. The Bertz CT molecular complexity index is 576. The summed E-state index contributed by atoms with van der Waals surface area (Å²) in [4.78, 5) is 2.38. The lowest BCUT2D eigenvalue weighted by Gasteiger charge is -2.19. The summed E-state index contributed by atoms with van der Waals surface area (Å²) in [5, 5.41) is 0.367. The zero-order valence-electron chi connectivity index (χ0n) is 12.8. The number of aryl methyl sites for hydroxylation is 1. The van der Waals surface area contributed by atoms with Crippen molar-refractivity contribution in [3.8, 4) is 0 Å². The second kappa shape index (κ2) is 7.98. The Labute approximate surface area is 132 Å². The lowest BCUT2D eigenvalue weighted by atomic mass is 10.2. The van der Waals surface area contributed by atoms with Crippen LogP contribution in [0.25, 0.3) is 0 Å². The Balaban J connectivity index is 2.76. The van der Waals surface area contributed by atoms with Crippen LogP contribution in [0.5, 0.6) is 0 Å². The summed E-state index contributed by atoms with van der Waals surface area (Å²) < 4.78 is 27.2. The maximum Gasteiger partial charge on any atom is 0.240 e. The Hall–Kier alpha value is -0.820. The lowest BCUT2D eigenvalue weighted by molar-refractivity contribution is 0.293. The molecule has 0 radical (unpaired) electrons. The predicted octanol–water partition coefficient (Wildman–Crippen LogP) is 2.24. The monoisotopic (exact) mass is 333 g/mol. The molecule has 1 rings (SSSR count). The molecule has 0 bridgehead atoms. The van der Waals surface area contributed by atoms with Crippen LogP contribution in [0, 0.1) is 6.92 Å². The van der Waals surface area contributed by atoms with Crippen LogP contribution in [-0.4, -0.2) is 39.5 Å². The molecule has 0 unspecified atom stereocenters. The van der Waals surface area contributed by atoms with Gasteiger partial charge >= 0.3 is 0 Å². The van der Waals surface area contributed by atoms with Gasteiger partial charge in [0.05, 0.1) is 15.6 Å². The fourth-order valence-electron chi connectivity index (χ4n) is 2.12. The van der Waals surface area contributed by atoms with Crippen LogP contribution in [-0.2, 0) is 10.0 Å².